The maximum Gasteiger partial charge on any atom is 0.408 e. The molecule has 0 saturated heterocycles. The molecule has 0 heterocycles. The zero-order valence-corrected chi connectivity index (χ0v) is 14.6. The Morgan fingerprint density at radius 1 is 1.13 bits per heavy atom. The highest BCUT2D eigenvalue weighted by Gasteiger charge is 2.23. The van der Waals surface area contributed by atoms with Gasteiger partial charge >= 0.3 is 12.1 Å². The smallest absolute Gasteiger partial charge is 0.408 e. The van der Waals surface area contributed by atoms with E-state index in [4.69, 9.17) is 9.47 Å². The van der Waals surface area contributed by atoms with Gasteiger partial charge in [-0.15, -0.1) is 0 Å². The van der Waals surface area contributed by atoms with Crippen LogP contribution in [0.2, 0.25) is 0 Å². The average molecular weight is 321 g/mol. The van der Waals surface area contributed by atoms with Crippen molar-refractivity contribution in [3.8, 4) is 0 Å². The van der Waals surface area contributed by atoms with Crippen molar-refractivity contribution in [2.45, 2.75) is 52.7 Å². The van der Waals surface area contributed by atoms with Crippen molar-refractivity contribution in [2.24, 2.45) is 5.92 Å². The van der Waals surface area contributed by atoms with Gasteiger partial charge < -0.3 is 14.8 Å². The summed E-state index contributed by atoms with van der Waals surface area (Å²) in [5, 5.41) is 2.75. The zero-order chi connectivity index (χ0) is 17.5. The van der Waals surface area contributed by atoms with Gasteiger partial charge in [-0.05, 0) is 32.3 Å². The lowest BCUT2D eigenvalue weighted by atomic mass is 10.0. The Kier molecular flexibility index (Phi) is 7.07. The second kappa shape index (κ2) is 8.56. The number of alkyl carbamates (subject to hydrolysis) is 1. The number of hydrogen-bond donors (Lipinski definition) is 1. The topological polar surface area (TPSA) is 64.6 Å². The Labute approximate surface area is 138 Å². The average Bonchev–Trinajstić information content (AvgIpc) is 2.43. The molecular weight excluding hydrogens is 294 g/mol. The molecule has 0 radical (unpaired) electrons. The van der Waals surface area contributed by atoms with Gasteiger partial charge in [0, 0.05) is 0 Å². The molecule has 1 amide bonds. The maximum absolute atomic E-state index is 12.0. The first kappa shape index (κ1) is 19.0. The molecule has 0 aromatic heterocycles. The molecule has 0 aliphatic rings. The molecular formula is C18H27NO4. The van der Waals surface area contributed by atoms with Gasteiger partial charge in [0.15, 0.2) is 0 Å². The summed E-state index contributed by atoms with van der Waals surface area (Å²) in [7, 11) is 0. The molecule has 0 aliphatic carbocycles. The van der Waals surface area contributed by atoms with Crippen molar-refractivity contribution < 1.29 is 19.1 Å². The van der Waals surface area contributed by atoms with Crippen molar-refractivity contribution in [2.75, 3.05) is 6.61 Å². The molecule has 0 bridgehead atoms. The van der Waals surface area contributed by atoms with Crippen LogP contribution in [0.3, 0.4) is 0 Å². The van der Waals surface area contributed by atoms with Crippen molar-refractivity contribution in [3.63, 3.8) is 0 Å². The van der Waals surface area contributed by atoms with Crippen molar-refractivity contribution in [1.82, 2.24) is 5.32 Å². The van der Waals surface area contributed by atoms with E-state index < -0.39 is 17.7 Å². The fraction of sp³-hybridized carbons (Fsp3) is 0.556. The van der Waals surface area contributed by atoms with Crippen LogP contribution in [0.5, 0.6) is 0 Å². The standard InChI is InChI=1S/C18H27NO4/c1-13(2)12-22-16(20)11-15(14-9-7-6-8-10-14)19-17(21)23-18(3,4)5/h6-10,13,15H,11-12H2,1-5H3,(H,19,21)/t15-/m0/s1. The van der Waals surface area contributed by atoms with Crippen LogP contribution >= 0.6 is 0 Å². The number of nitrogens with one attached hydrogen (secondary N) is 1. The maximum atomic E-state index is 12.0. The number of amides is 1. The minimum atomic E-state index is -0.594. The lowest BCUT2D eigenvalue weighted by molar-refractivity contribution is -0.145. The molecule has 128 valence electrons. The Balaban J connectivity index is 2.74. The van der Waals surface area contributed by atoms with Gasteiger partial charge in [-0.3, -0.25) is 4.79 Å². The normalized spacial score (nSPS) is 12.6. The van der Waals surface area contributed by atoms with Gasteiger partial charge in [-0.2, -0.15) is 0 Å². The minimum Gasteiger partial charge on any atom is -0.465 e. The highest BCUT2D eigenvalue weighted by atomic mass is 16.6. The number of ether oxygens (including phenoxy) is 2. The number of rotatable bonds is 6. The molecule has 5 heteroatoms. The fourth-order valence-corrected chi connectivity index (χ4v) is 1.87. The van der Waals surface area contributed by atoms with Crippen molar-refractivity contribution >= 4 is 12.1 Å². The first-order valence-corrected chi connectivity index (χ1v) is 7.87. The van der Waals surface area contributed by atoms with E-state index in [1.807, 2.05) is 44.2 Å². The molecule has 0 aliphatic heterocycles. The van der Waals surface area contributed by atoms with Crippen LogP contribution in [0, 0.1) is 5.92 Å². The van der Waals surface area contributed by atoms with Gasteiger partial charge in [-0.25, -0.2) is 4.79 Å². The van der Waals surface area contributed by atoms with E-state index in [9.17, 15) is 9.59 Å². The van der Waals surface area contributed by atoms with Crippen LogP contribution < -0.4 is 5.32 Å². The monoisotopic (exact) mass is 321 g/mol. The number of esters is 1. The largest absolute Gasteiger partial charge is 0.465 e. The second-order valence-corrected chi connectivity index (χ2v) is 6.89. The Morgan fingerprint density at radius 3 is 2.26 bits per heavy atom. The highest BCUT2D eigenvalue weighted by molar-refractivity contribution is 5.73. The Morgan fingerprint density at radius 2 is 1.74 bits per heavy atom. The van der Waals surface area contributed by atoms with E-state index in [0.717, 1.165) is 5.56 Å². The van der Waals surface area contributed by atoms with E-state index in [2.05, 4.69) is 5.32 Å². The first-order chi connectivity index (χ1) is 10.7. The van der Waals surface area contributed by atoms with Gasteiger partial charge in [-0.1, -0.05) is 44.2 Å². The van der Waals surface area contributed by atoms with Crippen LogP contribution in [-0.2, 0) is 14.3 Å². The third-order valence-electron chi connectivity index (χ3n) is 2.84. The predicted octanol–water partition coefficient (Wildman–Crippen LogP) is 3.84. The third kappa shape index (κ3) is 8.24. The summed E-state index contributed by atoms with van der Waals surface area (Å²) >= 11 is 0. The van der Waals surface area contributed by atoms with E-state index in [0.29, 0.717) is 6.61 Å². The number of carbonyl (C=O) groups excluding carboxylic acids is 2. The molecule has 5 nitrogen and oxygen atoms in total. The summed E-state index contributed by atoms with van der Waals surface area (Å²) in [4.78, 5) is 24.0. The summed E-state index contributed by atoms with van der Waals surface area (Å²) in [5.41, 5.74) is 0.239. The van der Waals surface area contributed by atoms with Crippen LogP contribution in [0.1, 0.15) is 52.6 Å². The molecule has 23 heavy (non-hydrogen) atoms. The SMILES string of the molecule is CC(C)COC(=O)C[C@H](NC(=O)OC(C)(C)C)c1ccccc1. The summed E-state index contributed by atoms with van der Waals surface area (Å²) in [6.07, 6.45) is -0.487. The number of benzene rings is 1. The Bertz CT molecular complexity index is 506. The van der Waals surface area contributed by atoms with Crippen LogP contribution in [0.15, 0.2) is 30.3 Å². The fourth-order valence-electron chi connectivity index (χ4n) is 1.87. The molecule has 1 aromatic rings. The van der Waals surface area contributed by atoms with Crippen LogP contribution in [-0.4, -0.2) is 24.3 Å². The summed E-state index contributed by atoms with van der Waals surface area (Å²) in [6, 6.07) is 8.84. The van der Waals surface area contributed by atoms with Gasteiger partial charge in [0.25, 0.3) is 0 Å². The lowest BCUT2D eigenvalue weighted by Gasteiger charge is -2.23. The molecule has 0 saturated carbocycles. The molecule has 1 aromatic carbocycles. The first-order valence-electron chi connectivity index (χ1n) is 7.87. The number of hydrogen-bond acceptors (Lipinski definition) is 4. The molecule has 0 fully saturated rings. The van der Waals surface area contributed by atoms with Gasteiger partial charge in [0.1, 0.15) is 5.60 Å². The highest BCUT2D eigenvalue weighted by Crippen LogP contribution is 2.18. The minimum absolute atomic E-state index is 0.0655. The quantitative estimate of drug-likeness (QED) is 0.809. The van der Waals surface area contributed by atoms with E-state index in [1.165, 1.54) is 0 Å². The van der Waals surface area contributed by atoms with Gasteiger partial charge in [0.05, 0.1) is 19.1 Å². The lowest BCUT2D eigenvalue weighted by Crippen LogP contribution is -2.36. The third-order valence-corrected chi connectivity index (χ3v) is 2.84. The Hall–Kier alpha value is -2.04. The number of carbonyl (C=O) groups is 2. The molecule has 1 N–H and O–H groups in total. The van der Waals surface area contributed by atoms with E-state index >= 15 is 0 Å². The second-order valence-electron chi connectivity index (χ2n) is 6.89. The van der Waals surface area contributed by atoms with Crippen molar-refractivity contribution in [3.05, 3.63) is 35.9 Å². The van der Waals surface area contributed by atoms with Crippen LogP contribution in [0.25, 0.3) is 0 Å². The molecule has 0 unspecified atom stereocenters. The summed E-state index contributed by atoms with van der Waals surface area (Å²) in [5.74, 6) is -0.0726. The molecule has 0 spiro atoms. The van der Waals surface area contributed by atoms with Gasteiger partial charge in [0.2, 0.25) is 0 Å². The predicted molar refractivity (Wildman–Crippen MR) is 89.0 cm³/mol. The summed E-state index contributed by atoms with van der Waals surface area (Å²) in [6.45, 7) is 9.69. The van der Waals surface area contributed by atoms with E-state index in [1.54, 1.807) is 20.8 Å². The van der Waals surface area contributed by atoms with E-state index in [-0.39, 0.29) is 18.3 Å². The summed E-state index contributed by atoms with van der Waals surface area (Å²) < 4.78 is 10.5. The zero-order valence-electron chi connectivity index (χ0n) is 14.6. The molecule has 1 atom stereocenters. The molecule has 1 rings (SSSR count). The van der Waals surface area contributed by atoms with Crippen molar-refractivity contribution in [1.29, 1.82) is 0 Å². The van der Waals surface area contributed by atoms with Crippen LogP contribution in [0.4, 0.5) is 4.79 Å².